The number of aromatic nitrogens is 2. The van der Waals surface area contributed by atoms with Crippen molar-refractivity contribution in [3.05, 3.63) is 89.4 Å². The number of aliphatic imine (C=N–C) groups is 1. The zero-order valence-corrected chi connectivity index (χ0v) is 23.2. The number of carbonyl (C=O) groups is 4. The largest absolute Gasteiger partial charge is 0.478 e. The fraction of sp³-hybridized carbons (Fsp3) is 0.214. The topological polar surface area (TPSA) is 191 Å². The number of anilines is 1. The Morgan fingerprint density at radius 3 is 2.05 bits per heavy atom. The first kappa shape index (κ1) is 32.3. The second-order valence-electron chi connectivity index (χ2n) is 8.46. The zero-order valence-electron chi connectivity index (χ0n) is 22.4. The third-order valence-corrected chi connectivity index (χ3v) is 6.16. The molecule has 0 saturated heterocycles. The number of imidazole rings is 1. The maximum atomic E-state index is 9.55. The highest BCUT2D eigenvalue weighted by molar-refractivity contribution is 8.14. The summed E-state index contributed by atoms with van der Waals surface area (Å²) < 4.78 is 2.18. The van der Waals surface area contributed by atoms with E-state index >= 15 is 0 Å². The molecule has 12 nitrogen and oxygen atoms in total. The normalized spacial score (nSPS) is 12.3. The number of nitrogens with zero attached hydrogens (tertiary/aromatic N) is 3. The van der Waals surface area contributed by atoms with Crippen LogP contribution in [-0.4, -0.2) is 71.2 Å². The van der Waals surface area contributed by atoms with Crippen LogP contribution in [-0.2, 0) is 32.0 Å². The molecule has 0 aliphatic carbocycles. The lowest BCUT2D eigenvalue weighted by Crippen LogP contribution is -2.05. The van der Waals surface area contributed by atoms with Gasteiger partial charge in [0.2, 0.25) is 0 Å². The molecule has 216 valence electrons. The zero-order chi connectivity index (χ0) is 30.4. The van der Waals surface area contributed by atoms with Crippen molar-refractivity contribution in [2.45, 2.75) is 26.7 Å². The summed E-state index contributed by atoms with van der Waals surface area (Å²) in [4.78, 5) is 47.5. The number of rotatable bonds is 8. The van der Waals surface area contributed by atoms with Crippen LogP contribution in [0.4, 0.5) is 5.69 Å². The van der Waals surface area contributed by atoms with E-state index in [0.29, 0.717) is 24.3 Å². The van der Waals surface area contributed by atoms with Gasteiger partial charge in [0.1, 0.15) is 5.65 Å². The van der Waals surface area contributed by atoms with E-state index in [9.17, 15) is 19.2 Å². The lowest BCUT2D eigenvalue weighted by Gasteiger charge is -2.07. The van der Waals surface area contributed by atoms with Gasteiger partial charge in [-0.05, 0) is 62.1 Å². The molecule has 1 aliphatic heterocycles. The van der Waals surface area contributed by atoms with Gasteiger partial charge in [-0.3, -0.25) is 4.99 Å². The summed E-state index contributed by atoms with van der Waals surface area (Å²) in [6, 6.07) is 12.9. The highest BCUT2D eigenvalue weighted by Gasteiger charge is 2.10. The molecular formula is C28H30N4O8S. The van der Waals surface area contributed by atoms with Gasteiger partial charge in [-0.2, -0.15) is 0 Å². The molecule has 0 spiro atoms. The third-order valence-electron chi connectivity index (χ3n) is 5.27. The summed E-state index contributed by atoms with van der Waals surface area (Å²) in [5.74, 6) is -3.95. The molecule has 5 N–H and O–H groups in total. The van der Waals surface area contributed by atoms with Gasteiger partial charge in [-0.15, -0.1) is 0 Å². The van der Waals surface area contributed by atoms with Gasteiger partial charge in [0.25, 0.3) is 0 Å². The van der Waals surface area contributed by atoms with Crippen LogP contribution in [0.25, 0.3) is 5.65 Å². The molecule has 3 aromatic rings. The third kappa shape index (κ3) is 12.2. The highest BCUT2D eigenvalue weighted by Crippen LogP contribution is 2.19. The van der Waals surface area contributed by atoms with Gasteiger partial charge in [-0.25, -0.2) is 24.2 Å². The summed E-state index contributed by atoms with van der Waals surface area (Å²) >= 11 is 1.78. The molecule has 1 aromatic carbocycles. The fourth-order valence-corrected chi connectivity index (χ4v) is 4.19. The van der Waals surface area contributed by atoms with Crippen LogP contribution < -0.4 is 5.32 Å². The first-order chi connectivity index (χ1) is 19.4. The molecule has 0 amide bonds. The first-order valence-corrected chi connectivity index (χ1v) is 13.2. The van der Waals surface area contributed by atoms with Crippen molar-refractivity contribution in [1.82, 2.24) is 9.38 Å². The Bertz CT molecular complexity index is 1430. The van der Waals surface area contributed by atoms with Crippen LogP contribution in [0, 0.1) is 13.8 Å². The van der Waals surface area contributed by atoms with Crippen molar-refractivity contribution >= 4 is 52.1 Å². The molecule has 0 atom stereocenters. The molecule has 3 heterocycles. The summed E-state index contributed by atoms with van der Waals surface area (Å²) in [6.07, 6.45) is 6.28. The van der Waals surface area contributed by atoms with E-state index in [0.717, 1.165) is 41.6 Å². The molecule has 4 rings (SSSR count). The van der Waals surface area contributed by atoms with Gasteiger partial charge >= 0.3 is 23.9 Å². The Kier molecular flexibility index (Phi) is 12.8. The number of nitrogens with one attached hydrogen (secondary N) is 1. The summed E-state index contributed by atoms with van der Waals surface area (Å²) in [6.45, 7) is 5.17. The number of benzene rings is 1. The van der Waals surface area contributed by atoms with Crippen LogP contribution in [0.5, 0.6) is 0 Å². The van der Waals surface area contributed by atoms with Crippen LogP contribution in [0.1, 0.15) is 22.5 Å². The van der Waals surface area contributed by atoms with Crippen molar-refractivity contribution in [1.29, 1.82) is 0 Å². The minimum atomic E-state index is -1.26. The van der Waals surface area contributed by atoms with Crippen molar-refractivity contribution in [2.24, 2.45) is 4.99 Å². The number of carboxylic acid groups (broad SMARTS) is 4. The van der Waals surface area contributed by atoms with Crippen LogP contribution in [0.15, 0.2) is 71.9 Å². The molecule has 1 aliphatic rings. The van der Waals surface area contributed by atoms with E-state index in [1.165, 1.54) is 22.5 Å². The minimum absolute atomic E-state index is 0.558. The molecule has 13 heteroatoms. The molecule has 41 heavy (non-hydrogen) atoms. The van der Waals surface area contributed by atoms with Crippen molar-refractivity contribution in [3.8, 4) is 0 Å². The minimum Gasteiger partial charge on any atom is -0.478 e. The van der Waals surface area contributed by atoms with E-state index in [2.05, 4.69) is 71.2 Å². The fourth-order valence-electron chi connectivity index (χ4n) is 3.44. The number of aliphatic carboxylic acids is 4. The number of hydrogen-bond acceptors (Lipinski definition) is 8. The Labute approximate surface area is 239 Å². The molecule has 0 bridgehead atoms. The van der Waals surface area contributed by atoms with E-state index in [1.807, 2.05) is 0 Å². The van der Waals surface area contributed by atoms with Crippen LogP contribution in [0.2, 0.25) is 0 Å². The Morgan fingerprint density at radius 1 is 0.902 bits per heavy atom. The second-order valence-corrected chi connectivity index (χ2v) is 9.54. The molecule has 0 fully saturated rings. The number of aryl methyl sites for hydroxylation is 4. The second kappa shape index (κ2) is 16.3. The smallest absolute Gasteiger partial charge is 0.328 e. The molecule has 2 aromatic heterocycles. The quantitative estimate of drug-likeness (QED) is 0.244. The van der Waals surface area contributed by atoms with Crippen molar-refractivity contribution < 1.29 is 39.6 Å². The van der Waals surface area contributed by atoms with E-state index < -0.39 is 23.9 Å². The Balaban J connectivity index is 0.000000304. The van der Waals surface area contributed by atoms with Crippen molar-refractivity contribution in [2.75, 3.05) is 17.6 Å². The monoisotopic (exact) mass is 582 g/mol. The average Bonchev–Trinajstić information content (AvgIpc) is 3.53. The molecular weight excluding hydrogens is 552 g/mol. The standard InChI is InChI=1S/C20H22N4S.2C4H4O4/c1-14-8-10-24-15(2)18(23-19(24)12-14)7-6-16-4-3-5-17(13-16)22-20-21-9-11-25-20;2*5-3(6)1-2-4(7)8/h3-5,8,10,12-13H,6-7,9,11H2,1-2H3,(H,21,22);2*1-2H,(H,5,6)(H,7,8). The van der Waals surface area contributed by atoms with Gasteiger partial charge in [0.05, 0.1) is 12.2 Å². The average molecular weight is 583 g/mol. The number of thioether (sulfide) groups is 1. The first-order valence-electron chi connectivity index (χ1n) is 12.2. The molecule has 0 saturated carbocycles. The van der Waals surface area contributed by atoms with E-state index in [4.69, 9.17) is 25.4 Å². The Hall–Kier alpha value is -4.91. The lowest BCUT2D eigenvalue weighted by atomic mass is 10.1. The number of carboxylic acids is 4. The maximum absolute atomic E-state index is 9.55. The predicted molar refractivity (Wildman–Crippen MR) is 156 cm³/mol. The molecule has 0 radical (unpaired) electrons. The van der Waals surface area contributed by atoms with Crippen molar-refractivity contribution in [3.63, 3.8) is 0 Å². The summed E-state index contributed by atoms with van der Waals surface area (Å²) in [7, 11) is 0. The van der Waals surface area contributed by atoms with Gasteiger partial charge in [-0.1, -0.05) is 23.9 Å². The maximum Gasteiger partial charge on any atom is 0.328 e. The Morgan fingerprint density at radius 2 is 1.51 bits per heavy atom. The summed E-state index contributed by atoms with van der Waals surface area (Å²) in [5.41, 5.74) is 7.14. The highest BCUT2D eigenvalue weighted by atomic mass is 32.2. The number of pyridine rings is 1. The summed E-state index contributed by atoms with van der Waals surface area (Å²) in [5, 5.41) is 35.7. The van der Waals surface area contributed by atoms with E-state index in [1.54, 1.807) is 11.8 Å². The van der Waals surface area contributed by atoms with Gasteiger partial charge in [0, 0.05) is 47.6 Å². The van der Waals surface area contributed by atoms with Crippen LogP contribution in [0.3, 0.4) is 0 Å². The van der Waals surface area contributed by atoms with Gasteiger partial charge < -0.3 is 30.1 Å². The number of fused-ring (bicyclic) bond motifs is 1. The number of hydrogen-bond donors (Lipinski definition) is 5. The predicted octanol–water partition coefficient (Wildman–Crippen LogP) is 3.67. The molecule has 0 unspecified atom stereocenters. The SMILES string of the molecule is Cc1ccn2c(C)c(CCc3cccc(NC4=NCCS4)c3)nc2c1.O=C(O)C=CC(=O)O.O=C(O)C=CC(=O)O. The van der Waals surface area contributed by atoms with Crippen LogP contribution >= 0.6 is 11.8 Å². The lowest BCUT2D eigenvalue weighted by molar-refractivity contribution is -0.134. The van der Waals surface area contributed by atoms with E-state index in [-0.39, 0.29) is 0 Å². The van der Waals surface area contributed by atoms with Gasteiger partial charge in [0.15, 0.2) is 5.17 Å². The number of amidine groups is 1.